The Hall–Kier alpha value is -1.32. The summed E-state index contributed by atoms with van der Waals surface area (Å²) in [4.78, 5) is 9.62. The van der Waals surface area contributed by atoms with E-state index >= 15 is 0 Å². The minimum atomic E-state index is 0. The van der Waals surface area contributed by atoms with Crippen molar-refractivity contribution in [3.05, 3.63) is 42.0 Å². The zero-order chi connectivity index (χ0) is 20.3. The van der Waals surface area contributed by atoms with Crippen LogP contribution in [-0.4, -0.2) is 70.0 Å². The summed E-state index contributed by atoms with van der Waals surface area (Å²) in [6.45, 7) is 9.26. The molecule has 0 bridgehead atoms. The molecule has 2 heterocycles. The van der Waals surface area contributed by atoms with E-state index in [4.69, 9.17) is 14.5 Å². The number of anilines is 1. The SMILES string of the molecule is CCNC(=NCc1ccc(N2CC=CC2)cc1)N1CCC(OCCCOC)CC1.I. The molecule has 1 N–H and O–H groups in total. The Labute approximate surface area is 198 Å². The Morgan fingerprint density at radius 2 is 1.80 bits per heavy atom. The molecule has 0 saturated carbocycles. The summed E-state index contributed by atoms with van der Waals surface area (Å²) >= 11 is 0. The smallest absolute Gasteiger partial charge is 0.194 e. The monoisotopic (exact) mass is 528 g/mol. The van der Waals surface area contributed by atoms with Crippen LogP contribution in [0.3, 0.4) is 0 Å². The average Bonchev–Trinajstić information content (AvgIpc) is 3.30. The Balaban J connectivity index is 0.00000320. The van der Waals surface area contributed by atoms with Crippen molar-refractivity contribution in [2.45, 2.75) is 38.8 Å². The maximum atomic E-state index is 5.98. The fourth-order valence-corrected chi connectivity index (χ4v) is 3.78. The van der Waals surface area contributed by atoms with Gasteiger partial charge in [-0.05, 0) is 43.9 Å². The number of aliphatic imine (C=N–C) groups is 1. The standard InChI is InChI=1S/C23H36N4O2.HI/c1-3-24-23(27-15-11-22(12-16-27)29-18-6-17-28-2)25-19-20-7-9-21(10-8-20)26-13-4-5-14-26;/h4-5,7-10,22H,3,6,11-19H2,1-2H3,(H,24,25);1H. The topological polar surface area (TPSA) is 49.3 Å². The first-order valence-corrected chi connectivity index (χ1v) is 10.9. The number of nitrogens with one attached hydrogen (secondary N) is 1. The number of hydrogen-bond donors (Lipinski definition) is 1. The summed E-state index contributed by atoms with van der Waals surface area (Å²) in [5.74, 6) is 1.01. The van der Waals surface area contributed by atoms with Gasteiger partial charge in [0.15, 0.2) is 5.96 Å². The van der Waals surface area contributed by atoms with Crippen molar-refractivity contribution in [1.29, 1.82) is 0 Å². The van der Waals surface area contributed by atoms with Crippen molar-refractivity contribution in [3.63, 3.8) is 0 Å². The second-order valence-electron chi connectivity index (χ2n) is 7.62. The third-order valence-electron chi connectivity index (χ3n) is 5.45. The number of piperidine rings is 1. The number of halogens is 1. The van der Waals surface area contributed by atoms with Gasteiger partial charge in [0.2, 0.25) is 0 Å². The van der Waals surface area contributed by atoms with E-state index in [1.165, 1.54) is 11.3 Å². The van der Waals surface area contributed by atoms with Gasteiger partial charge < -0.3 is 24.6 Å². The lowest BCUT2D eigenvalue weighted by atomic mass is 10.1. The van der Waals surface area contributed by atoms with Gasteiger partial charge in [0.1, 0.15) is 0 Å². The van der Waals surface area contributed by atoms with Gasteiger partial charge >= 0.3 is 0 Å². The largest absolute Gasteiger partial charge is 0.385 e. The molecule has 1 aromatic rings. The summed E-state index contributed by atoms with van der Waals surface area (Å²) in [5.41, 5.74) is 2.52. The van der Waals surface area contributed by atoms with Crippen LogP contribution in [0, 0.1) is 0 Å². The Bertz CT molecular complexity index is 650. The van der Waals surface area contributed by atoms with Crippen LogP contribution >= 0.6 is 24.0 Å². The molecule has 6 nitrogen and oxygen atoms in total. The van der Waals surface area contributed by atoms with Crippen molar-refractivity contribution in [2.75, 3.05) is 57.9 Å². The van der Waals surface area contributed by atoms with Gasteiger partial charge in [0.25, 0.3) is 0 Å². The van der Waals surface area contributed by atoms with E-state index in [1.807, 2.05) is 0 Å². The van der Waals surface area contributed by atoms with E-state index in [9.17, 15) is 0 Å². The molecule has 3 rings (SSSR count). The molecule has 168 valence electrons. The van der Waals surface area contributed by atoms with Gasteiger partial charge in [0, 0.05) is 58.7 Å². The van der Waals surface area contributed by atoms with Crippen LogP contribution < -0.4 is 10.2 Å². The summed E-state index contributed by atoms with van der Waals surface area (Å²) in [7, 11) is 1.74. The van der Waals surface area contributed by atoms with Crippen molar-refractivity contribution in [3.8, 4) is 0 Å². The number of ether oxygens (including phenoxy) is 2. The molecule has 1 saturated heterocycles. The number of rotatable bonds is 9. The first kappa shape index (κ1) is 24.9. The molecule has 0 unspecified atom stereocenters. The van der Waals surface area contributed by atoms with Crippen LogP contribution in [0.4, 0.5) is 5.69 Å². The van der Waals surface area contributed by atoms with Crippen LogP contribution in [0.2, 0.25) is 0 Å². The molecule has 0 atom stereocenters. The number of hydrogen-bond acceptors (Lipinski definition) is 4. The highest BCUT2D eigenvalue weighted by molar-refractivity contribution is 14.0. The molecule has 2 aliphatic heterocycles. The quantitative estimate of drug-likeness (QED) is 0.174. The molecule has 1 fully saturated rings. The Kier molecular flexibility index (Phi) is 11.5. The highest BCUT2D eigenvalue weighted by Crippen LogP contribution is 2.18. The maximum absolute atomic E-state index is 5.98. The van der Waals surface area contributed by atoms with Gasteiger partial charge in [0.05, 0.1) is 12.6 Å². The predicted octanol–water partition coefficient (Wildman–Crippen LogP) is 3.66. The summed E-state index contributed by atoms with van der Waals surface area (Å²) in [6, 6.07) is 8.80. The fraction of sp³-hybridized carbons (Fsp3) is 0.609. The lowest BCUT2D eigenvalue weighted by Crippen LogP contribution is -2.47. The molecule has 0 radical (unpaired) electrons. The summed E-state index contributed by atoms with van der Waals surface area (Å²) in [6.07, 6.45) is 7.86. The predicted molar refractivity (Wildman–Crippen MR) is 135 cm³/mol. The van der Waals surface area contributed by atoms with Crippen LogP contribution in [-0.2, 0) is 16.0 Å². The molecule has 0 aliphatic carbocycles. The van der Waals surface area contributed by atoms with Crippen molar-refractivity contribution < 1.29 is 9.47 Å². The first-order chi connectivity index (χ1) is 14.3. The number of benzene rings is 1. The third kappa shape index (κ3) is 7.74. The molecule has 30 heavy (non-hydrogen) atoms. The molecule has 2 aliphatic rings. The minimum Gasteiger partial charge on any atom is -0.385 e. The van der Waals surface area contributed by atoms with Crippen LogP contribution in [0.5, 0.6) is 0 Å². The molecular weight excluding hydrogens is 491 g/mol. The van der Waals surface area contributed by atoms with E-state index in [-0.39, 0.29) is 24.0 Å². The normalized spacial score (nSPS) is 17.3. The second-order valence-corrected chi connectivity index (χ2v) is 7.62. The Morgan fingerprint density at radius 3 is 2.43 bits per heavy atom. The van der Waals surface area contributed by atoms with E-state index < -0.39 is 0 Å². The summed E-state index contributed by atoms with van der Waals surface area (Å²) < 4.78 is 11.1. The zero-order valence-electron chi connectivity index (χ0n) is 18.4. The fourth-order valence-electron chi connectivity index (χ4n) is 3.78. The second kappa shape index (κ2) is 13.9. The molecule has 7 heteroatoms. The first-order valence-electron chi connectivity index (χ1n) is 10.9. The number of methoxy groups -OCH3 is 1. The number of likely N-dealkylation sites (tertiary alicyclic amines) is 1. The molecular formula is C23H37IN4O2. The van der Waals surface area contributed by atoms with E-state index in [0.29, 0.717) is 12.6 Å². The Morgan fingerprint density at radius 1 is 1.10 bits per heavy atom. The van der Waals surface area contributed by atoms with Gasteiger partial charge in [-0.3, -0.25) is 0 Å². The molecule has 1 aromatic carbocycles. The zero-order valence-corrected chi connectivity index (χ0v) is 20.7. The lowest BCUT2D eigenvalue weighted by Gasteiger charge is -2.34. The van der Waals surface area contributed by atoms with Crippen molar-refractivity contribution in [2.24, 2.45) is 4.99 Å². The van der Waals surface area contributed by atoms with Crippen LogP contribution in [0.25, 0.3) is 0 Å². The minimum absolute atomic E-state index is 0. The van der Waals surface area contributed by atoms with Crippen molar-refractivity contribution in [1.82, 2.24) is 10.2 Å². The van der Waals surface area contributed by atoms with Crippen molar-refractivity contribution >= 4 is 35.6 Å². The number of nitrogens with zero attached hydrogens (tertiary/aromatic N) is 3. The van der Waals surface area contributed by atoms with Crippen LogP contribution in [0.15, 0.2) is 41.4 Å². The highest BCUT2D eigenvalue weighted by atomic mass is 127. The average molecular weight is 528 g/mol. The van der Waals surface area contributed by atoms with E-state index in [2.05, 4.69) is 58.5 Å². The van der Waals surface area contributed by atoms with Gasteiger partial charge in [-0.25, -0.2) is 4.99 Å². The third-order valence-corrected chi connectivity index (χ3v) is 5.45. The van der Waals surface area contributed by atoms with Gasteiger partial charge in [-0.1, -0.05) is 24.3 Å². The van der Waals surface area contributed by atoms with Gasteiger partial charge in [-0.2, -0.15) is 0 Å². The van der Waals surface area contributed by atoms with E-state index in [1.54, 1.807) is 7.11 Å². The van der Waals surface area contributed by atoms with Crippen LogP contribution in [0.1, 0.15) is 31.7 Å². The molecule has 0 amide bonds. The van der Waals surface area contributed by atoms with Gasteiger partial charge in [-0.15, -0.1) is 24.0 Å². The molecule has 0 aromatic heterocycles. The highest BCUT2D eigenvalue weighted by Gasteiger charge is 2.21. The summed E-state index contributed by atoms with van der Waals surface area (Å²) in [5, 5.41) is 3.46. The maximum Gasteiger partial charge on any atom is 0.194 e. The number of guanidine groups is 1. The lowest BCUT2D eigenvalue weighted by molar-refractivity contribution is 0.00990. The molecule has 0 spiro atoms. The van der Waals surface area contributed by atoms with E-state index in [0.717, 1.165) is 71.2 Å².